The van der Waals surface area contributed by atoms with Crippen LogP contribution in [0.3, 0.4) is 0 Å². The molecule has 8 heteroatoms. The number of amidine groups is 1. The van der Waals surface area contributed by atoms with Crippen LogP contribution < -0.4 is 14.9 Å². The average Bonchev–Trinajstić information content (AvgIpc) is 2.89. The molecular formula is C30H30Br2N4O2. The molecule has 0 spiro atoms. The zero-order valence-electron chi connectivity index (χ0n) is 21.8. The maximum absolute atomic E-state index is 5.91. The van der Waals surface area contributed by atoms with Gasteiger partial charge in [-0.25, -0.2) is 9.98 Å². The predicted octanol–water partition coefficient (Wildman–Crippen LogP) is 8.20. The van der Waals surface area contributed by atoms with Crippen molar-refractivity contribution >= 4 is 60.5 Å². The Labute approximate surface area is 240 Å². The number of benzene rings is 3. The summed E-state index contributed by atoms with van der Waals surface area (Å²) in [5, 5.41) is 5.54. The van der Waals surface area contributed by atoms with Crippen LogP contribution in [-0.4, -0.2) is 30.8 Å². The molecule has 0 aliphatic heterocycles. The van der Waals surface area contributed by atoms with Gasteiger partial charge in [0, 0.05) is 14.3 Å². The zero-order chi connectivity index (χ0) is 27.1. The number of hydrogen-bond acceptors (Lipinski definition) is 5. The maximum atomic E-state index is 5.91. The lowest BCUT2D eigenvalue weighted by Gasteiger charge is -2.12. The third-order valence-corrected chi connectivity index (χ3v) is 6.96. The fourth-order valence-corrected chi connectivity index (χ4v) is 5.30. The number of halogens is 2. The Kier molecular flexibility index (Phi) is 9.53. The van der Waals surface area contributed by atoms with Gasteiger partial charge in [-0.15, -0.1) is 0 Å². The molecule has 0 aliphatic carbocycles. The second kappa shape index (κ2) is 13.0. The molecule has 0 saturated carbocycles. The van der Waals surface area contributed by atoms with Crippen LogP contribution in [0.25, 0.3) is 10.9 Å². The molecule has 1 heterocycles. The van der Waals surface area contributed by atoms with Gasteiger partial charge in [-0.05, 0) is 105 Å². The number of methoxy groups -OCH3 is 1. The van der Waals surface area contributed by atoms with E-state index < -0.39 is 0 Å². The van der Waals surface area contributed by atoms with E-state index in [2.05, 4.69) is 56.2 Å². The number of hydrazone groups is 1. The second-order valence-electron chi connectivity index (χ2n) is 9.24. The summed E-state index contributed by atoms with van der Waals surface area (Å²) in [6.07, 6.45) is 2.70. The molecular weight excluding hydrogens is 608 g/mol. The minimum Gasteiger partial charge on any atom is -0.493 e. The van der Waals surface area contributed by atoms with E-state index in [1.807, 2.05) is 73.7 Å². The monoisotopic (exact) mass is 636 g/mol. The van der Waals surface area contributed by atoms with Gasteiger partial charge in [-0.2, -0.15) is 5.10 Å². The van der Waals surface area contributed by atoms with Crippen LogP contribution in [0.4, 0.5) is 5.69 Å². The fourth-order valence-electron chi connectivity index (χ4n) is 3.70. The molecule has 0 bridgehead atoms. The number of fused-ring (bicyclic) bond motifs is 1. The first-order valence-electron chi connectivity index (χ1n) is 12.3. The first kappa shape index (κ1) is 27.8. The van der Waals surface area contributed by atoms with E-state index in [-0.39, 0.29) is 0 Å². The van der Waals surface area contributed by atoms with Gasteiger partial charge in [0.2, 0.25) is 0 Å². The molecule has 38 heavy (non-hydrogen) atoms. The molecule has 0 fully saturated rings. The number of ether oxygens (including phenoxy) is 2. The zero-order valence-corrected chi connectivity index (χ0v) is 25.0. The van der Waals surface area contributed by atoms with E-state index in [0.29, 0.717) is 29.8 Å². The summed E-state index contributed by atoms with van der Waals surface area (Å²) in [6.45, 7) is 7.03. The van der Waals surface area contributed by atoms with Crippen molar-refractivity contribution in [3.63, 3.8) is 0 Å². The molecule has 1 N–H and O–H groups in total. The highest BCUT2D eigenvalue weighted by molar-refractivity contribution is 9.11. The van der Waals surface area contributed by atoms with Crippen molar-refractivity contribution in [2.24, 2.45) is 16.0 Å². The smallest absolute Gasteiger partial charge is 0.173 e. The highest BCUT2D eigenvalue weighted by Crippen LogP contribution is 2.35. The first-order valence-corrected chi connectivity index (χ1v) is 13.9. The van der Waals surface area contributed by atoms with Crippen LogP contribution in [0.15, 0.2) is 85.8 Å². The van der Waals surface area contributed by atoms with Crippen molar-refractivity contribution in [1.82, 2.24) is 10.4 Å². The molecule has 1 aromatic heterocycles. The lowest BCUT2D eigenvalue weighted by Crippen LogP contribution is -2.20. The minimum atomic E-state index is 0.512. The van der Waals surface area contributed by atoms with Crippen molar-refractivity contribution in [2.75, 3.05) is 13.7 Å². The first-order chi connectivity index (χ1) is 18.3. The van der Waals surface area contributed by atoms with Crippen LogP contribution in [0, 0.1) is 12.8 Å². The van der Waals surface area contributed by atoms with Gasteiger partial charge < -0.3 is 9.47 Å². The minimum absolute atomic E-state index is 0.512. The summed E-state index contributed by atoms with van der Waals surface area (Å²) in [6, 6.07) is 21.7. The normalized spacial score (nSPS) is 11.9. The molecule has 6 nitrogen and oxygen atoms in total. The van der Waals surface area contributed by atoms with Gasteiger partial charge >= 0.3 is 0 Å². The number of nitrogens with one attached hydrogen (secondary N) is 1. The van der Waals surface area contributed by atoms with Gasteiger partial charge in [0.1, 0.15) is 5.69 Å². The number of aryl methyl sites for hydroxylation is 1. The number of rotatable bonds is 9. The Balaban J connectivity index is 1.63. The van der Waals surface area contributed by atoms with E-state index in [4.69, 9.17) is 19.5 Å². The van der Waals surface area contributed by atoms with Crippen molar-refractivity contribution in [3.05, 3.63) is 92.5 Å². The highest BCUT2D eigenvalue weighted by atomic mass is 79.9. The van der Waals surface area contributed by atoms with Gasteiger partial charge in [-0.1, -0.05) is 38.1 Å². The number of pyridine rings is 1. The molecule has 0 atom stereocenters. The summed E-state index contributed by atoms with van der Waals surface area (Å²) in [4.78, 5) is 9.71. The Morgan fingerprint density at radius 2 is 1.76 bits per heavy atom. The summed E-state index contributed by atoms with van der Waals surface area (Å²) >= 11 is 7.28. The molecule has 4 aromatic rings. The summed E-state index contributed by atoms with van der Waals surface area (Å²) in [5.41, 5.74) is 7.37. The van der Waals surface area contributed by atoms with Crippen molar-refractivity contribution in [2.45, 2.75) is 27.2 Å². The van der Waals surface area contributed by atoms with Crippen LogP contribution in [0.1, 0.15) is 37.1 Å². The van der Waals surface area contributed by atoms with E-state index in [9.17, 15) is 0 Å². The summed E-state index contributed by atoms with van der Waals surface area (Å²) in [7, 11) is 1.64. The number of aliphatic imine (C=N–C) groups is 1. The number of hydrogen-bond donors (Lipinski definition) is 1. The van der Waals surface area contributed by atoms with Crippen molar-refractivity contribution in [3.8, 4) is 11.5 Å². The van der Waals surface area contributed by atoms with Crippen molar-refractivity contribution in [1.29, 1.82) is 0 Å². The largest absolute Gasteiger partial charge is 0.493 e. The lowest BCUT2D eigenvalue weighted by molar-refractivity contribution is 0.273. The Hall–Kier alpha value is -3.23. The van der Waals surface area contributed by atoms with Gasteiger partial charge in [-0.3, -0.25) is 5.43 Å². The maximum Gasteiger partial charge on any atom is 0.173 e. The third-order valence-electron chi connectivity index (χ3n) is 5.75. The van der Waals surface area contributed by atoms with E-state index in [1.54, 1.807) is 13.3 Å². The quantitative estimate of drug-likeness (QED) is 0.114. The molecule has 3 aromatic carbocycles. The number of nitrogens with zero attached hydrogens (tertiary/aromatic N) is 3. The van der Waals surface area contributed by atoms with Crippen LogP contribution in [-0.2, 0) is 0 Å². The summed E-state index contributed by atoms with van der Waals surface area (Å²) < 4.78 is 13.2. The third kappa shape index (κ3) is 7.20. The van der Waals surface area contributed by atoms with Gasteiger partial charge in [0.15, 0.2) is 17.3 Å². The fraction of sp³-hybridized carbons (Fsp3) is 0.233. The Morgan fingerprint density at radius 3 is 2.50 bits per heavy atom. The molecule has 0 radical (unpaired) electrons. The standard InChI is InChI=1S/C30H30Br2N4O2/c1-19(2)13-14-38-27-12-9-21(17-28(27)37-4)18-33-36-30(35-29-23(31)15-20(3)16-24(29)32)26-11-10-22-7-5-6-8-25(22)34-26/h5-12,15-19H,13-14H2,1-4H3,(H,35,36)/b33-18+. The van der Waals surface area contributed by atoms with Crippen LogP contribution in [0.5, 0.6) is 11.5 Å². The van der Waals surface area contributed by atoms with E-state index in [1.165, 1.54) is 0 Å². The Morgan fingerprint density at radius 1 is 1.00 bits per heavy atom. The average molecular weight is 638 g/mol. The topological polar surface area (TPSA) is 68.1 Å². The highest BCUT2D eigenvalue weighted by Gasteiger charge is 2.12. The lowest BCUT2D eigenvalue weighted by atomic mass is 10.1. The molecule has 0 aliphatic rings. The Bertz CT molecular complexity index is 1460. The second-order valence-corrected chi connectivity index (χ2v) is 10.9. The number of aromatic nitrogens is 1. The van der Waals surface area contributed by atoms with Crippen molar-refractivity contribution < 1.29 is 9.47 Å². The van der Waals surface area contributed by atoms with E-state index in [0.717, 1.165) is 48.8 Å². The molecule has 4 rings (SSSR count). The molecule has 0 amide bonds. The SMILES string of the molecule is COc1cc(/C=N/NC(=Nc2c(Br)cc(C)cc2Br)c2ccc3ccccc3n2)ccc1OCCC(C)C. The predicted molar refractivity (Wildman–Crippen MR) is 163 cm³/mol. The van der Waals surface area contributed by atoms with Crippen LogP contribution >= 0.6 is 31.9 Å². The number of para-hydroxylation sites is 1. The molecule has 196 valence electrons. The van der Waals surface area contributed by atoms with E-state index >= 15 is 0 Å². The van der Waals surface area contributed by atoms with Crippen LogP contribution in [0.2, 0.25) is 0 Å². The molecule has 0 saturated heterocycles. The molecule has 0 unspecified atom stereocenters. The van der Waals surface area contributed by atoms with Gasteiger partial charge in [0.05, 0.1) is 31.1 Å². The summed E-state index contributed by atoms with van der Waals surface area (Å²) in [5.74, 6) is 2.47. The van der Waals surface area contributed by atoms with Gasteiger partial charge in [0.25, 0.3) is 0 Å².